The number of aromatic carboxylic acids is 1. The number of thiazole rings is 1. The quantitative estimate of drug-likeness (QED) is 0.733. The Labute approximate surface area is 127 Å². The number of aromatic nitrogens is 1. The lowest BCUT2D eigenvalue weighted by Gasteiger charge is -2.01. The maximum absolute atomic E-state index is 11.0. The van der Waals surface area contributed by atoms with Gasteiger partial charge in [0.05, 0.1) is 0 Å². The number of carboxylic acids is 1. The van der Waals surface area contributed by atoms with Crippen molar-refractivity contribution in [3.63, 3.8) is 0 Å². The summed E-state index contributed by atoms with van der Waals surface area (Å²) in [5, 5.41) is 12.0. The van der Waals surface area contributed by atoms with Crippen molar-refractivity contribution in [2.75, 3.05) is 5.73 Å². The van der Waals surface area contributed by atoms with E-state index >= 15 is 0 Å². The molecule has 0 unspecified atom stereocenters. The van der Waals surface area contributed by atoms with Crippen LogP contribution >= 0.6 is 27.3 Å². The molecule has 3 aromatic rings. The van der Waals surface area contributed by atoms with E-state index in [-0.39, 0.29) is 10.7 Å². The zero-order valence-corrected chi connectivity index (χ0v) is 12.5. The van der Waals surface area contributed by atoms with E-state index in [1.807, 2.05) is 36.4 Å². The number of hydrogen-bond donors (Lipinski definition) is 2. The average molecular weight is 349 g/mol. The van der Waals surface area contributed by atoms with Crippen molar-refractivity contribution in [3.8, 4) is 10.6 Å². The standard InChI is InChI=1S/C14H9BrN2O2S/c15-10-4-3-7-5-9(2-1-8(7)6-10)13-17-11(14(18)19)12(16)20-13/h1-6H,16H2,(H,18,19). The Balaban J connectivity index is 2.12. The minimum absolute atomic E-state index is 0.0825. The van der Waals surface area contributed by atoms with Gasteiger partial charge in [-0.3, -0.25) is 0 Å². The van der Waals surface area contributed by atoms with Crippen LogP contribution in [0.15, 0.2) is 40.9 Å². The monoisotopic (exact) mass is 348 g/mol. The summed E-state index contributed by atoms with van der Waals surface area (Å²) < 4.78 is 1.02. The highest BCUT2D eigenvalue weighted by molar-refractivity contribution is 9.10. The van der Waals surface area contributed by atoms with Gasteiger partial charge in [0.15, 0.2) is 5.69 Å². The molecule has 0 atom stereocenters. The van der Waals surface area contributed by atoms with Gasteiger partial charge in [0.1, 0.15) is 10.0 Å². The number of fused-ring (bicyclic) bond motifs is 1. The first-order chi connectivity index (χ1) is 9.54. The number of benzene rings is 2. The highest BCUT2D eigenvalue weighted by Crippen LogP contribution is 2.32. The van der Waals surface area contributed by atoms with E-state index in [4.69, 9.17) is 10.8 Å². The first-order valence-corrected chi connectivity index (χ1v) is 7.35. The minimum atomic E-state index is -1.10. The summed E-state index contributed by atoms with van der Waals surface area (Å²) in [6, 6.07) is 11.9. The fourth-order valence-corrected chi connectivity index (χ4v) is 3.16. The van der Waals surface area contributed by atoms with Crippen molar-refractivity contribution in [1.29, 1.82) is 0 Å². The third-order valence-electron chi connectivity index (χ3n) is 2.91. The SMILES string of the molecule is Nc1sc(-c2ccc3cc(Br)ccc3c2)nc1C(=O)O. The van der Waals surface area contributed by atoms with Gasteiger partial charge in [0, 0.05) is 10.0 Å². The largest absolute Gasteiger partial charge is 0.476 e. The Morgan fingerprint density at radius 2 is 1.90 bits per heavy atom. The molecule has 0 aliphatic rings. The first kappa shape index (κ1) is 13.1. The molecule has 0 fully saturated rings. The maximum Gasteiger partial charge on any atom is 0.357 e. The van der Waals surface area contributed by atoms with E-state index < -0.39 is 5.97 Å². The molecule has 1 heterocycles. The number of halogens is 1. The van der Waals surface area contributed by atoms with E-state index in [1.165, 1.54) is 11.3 Å². The normalized spacial score (nSPS) is 10.8. The van der Waals surface area contributed by atoms with Crippen molar-refractivity contribution in [2.24, 2.45) is 0 Å². The Bertz CT molecular complexity index is 829. The molecule has 2 aromatic carbocycles. The Hall–Kier alpha value is -1.92. The van der Waals surface area contributed by atoms with Crippen LogP contribution in [0.3, 0.4) is 0 Å². The Morgan fingerprint density at radius 3 is 2.60 bits per heavy atom. The van der Waals surface area contributed by atoms with Gasteiger partial charge >= 0.3 is 5.97 Å². The molecule has 4 nitrogen and oxygen atoms in total. The fourth-order valence-electron chi connectivity index (χ4n) is 1.96. The number of nitrogens with two attached hydrogens (primary N) is 1. The molecule has 0 bridgehead atoms. The van der Waals surface area contributed by atoms with Gasteiger partial charge in [-0.05, 0) is 29.0 Å². The summed E-state index contributed by atoms with van der Waals surface area (Å²) in [6.45, 7) is 0. The molecule has 0 saturated heterocycles. The number of carboxylic acid groups (broad SMARTS) is 1. The van der Waals surface area contributed by atoms with Gasteiger partial charge in [-0.2, -0.15) is 0 Å². The number of hydrogen-bond acceptors (Lipinski definition) is 4. The average Bonchev–Trinajstić information content (AvgIpc) is 2.80. The van der Waals surface area contributed by atoms with E-state index in [0.29, 0.717) is 5.01 Å². The van der Waals surface area contributed by atoms with Gasteiger partial charge in [0.25, 0.3) is 0 Å². The molecule has 100 valence electrons. The van der Waals surface area contributed by atoms with Crippen molar-refractivity contribution < 1.29 is 9.90 Å². The molecular formula is C14H9BrN2O2S. The molecule has 0 amide bonds. The molecule has 0 saturated carbocycles. The maximum atomic E-state index is 11.0. The van der Waals surface area contributed by atoms with Crippen LogP contribution in [0.25, 0.3) is 21.3 Å². The molecule has 6 heteroatoms. The van der Waals surface area contributed by atoms with Crippen LogP contribution in [-0.2, 0) is 0 Å². The highest BCUT2D eigenvalue weighted by atomic mass is 79.9. The van der Waals surface area contributed by atoms with Crippen molar-refractivity contribution in [1.82, 2.24) is 4.98 Å². The molecular weight excluding hydrogens is 340 g/mol. The van der Waals surface area contributed by atoms with Crippen LogP contribution in [0.2, 0.25) is 0 Å². The second kappa shape index (κ2) is 4.88. The molecule has 20 heavy (non-hydrogen) atoms. The van der Waals surface area contributed by atoms with Gasteiger partial charge in [-0.25, -0.2) is 9.78 Å². The van der Waals surface area contributed by atoms with Crippen molar-refractivity contribution in [2.45, 2.75) is 0 Å². The molecule has 1 aromatic heterocycles. The molecule has 3 N–H and O–H groups in total. The molecule has 0 radical (unpaired) electrons. The van der Waals surface area contributed by atoms with E-state index in [2.05, 4.69) is 20.9 Å². The summed E-state index contributed by atoms with van der Waals surface area (Å²) in [5.41, 5.74) is 6.46. The van der Waals surface area contributed by atoms with E-state index in [1.54, 1.807) is 0 Å². The third-order valence-corrected chi connectivity index (χ3v) is 4.33. The zero-order valence-electron chi connectivity index (χ0n) is 10.1. The zero-order chi connectivity index (χ0) is 14.3. The van der Waals surface area contributed by atoms with Crippen LogP contribution in [0.4, 0.5) is 5.00 Å². The second-order valence-corrected chi connectivity index (χ2v) is 6.19. The van der Waals surface area contributed by atoms with Crippen LogP contribution < -0.4 is 5.73 Å². The first-order valence-electron chi connectivity index (χ1n) is 5.74. The third kappa shape index (κ3) is 2.28. The highest BCUT2D eigenvalue weighted by Gasteiger charge is 2.16. The van der Waals surface area contributed by atoms with E-state index in [0.717, 1.165) is 20.8 Å². The van der Waals surface area contributed by atoms with Gasteiger partial charge in [-0.1, -0.05) is 45.5 Å². The summed E-state index contributed by atoms with van der Waals surface area (Å²) in [5.74, 6) is -1.10. The predicted molar refractivity (Wildman–Crippen MR) is 84.1 cm³/mol. The van der Waals surface area contributed by atoms with Gasteiger partial charge < -0.3 is 10.8 Å². The lowest BCUT2D eigenvalue weighted by atomic mass is 10.1. The number of anilines is 1. The predicted octanol–water partition coefficient (Wildman–Crippen LogP) is 4.01. The molecule has 0 aliphatic heterocycles. The second-order valence-electron chi connectivity index (χ2n) is 4.24. The lowest BCUT2D eigenvalue weighted by molar-refractivity contribution is 0.0692. The summed E-state index contributed by atoms with van der Waals surface area (Å²) in [7, 11) is 0. The summed E-state index contributed by atoms with van der Waals surface area (Å²) in [6.07, 6.45) is 0. The van der Waals surface area contributed by atoms with Gasteiger partial charge in [-0.15, -0.1) is 0 Å². The molecule has 3 rings (SSSR count). The molecule has 0 spiro atoms. The molecule has 0 aliphatic carbocycles. The summed E-state index contributed by atoms with van der Waals surface area (Å²) in [4.78, 5) is 15.1. The topological polar surface area (TPSA) is 76.2 Å². The van der Waals surface area contributed by atoms with Crippen LogP contribution in [0.5, 0.6) is 0 Å². The number of rotatable bonds is 2. The number of nitrogen functional groups attached to an aromatic ring is 1. The number of nitrogens with zero attached hydrogens (tertiary/aromatic N) is 1. The number of carbonyl (C=O) groups is 1. The Morgan fingerprint density at radius 1 is 1.20 bits per heavy atom. The van der Waals surface area contributed by atoms with Crippen LogP contribution in [0.1, 0.15) is 10.5 Å². The Kier molecular flexibility index (Phi) is 3.19. The van der Waals surface area contributed by atoms with Crippen molar-refractivity contribution >= 4 is 49.0 Å². The minimum Gasteiger partial charge on any atom is -0.476 e. The van der Waals surface area contributed by atoms with Crippen LogP contribution in [0, 0.1) is 0 Å². The van der Waals surface area contributed by atoms with Crippen LogP contribution in [-0.4, -0.2) is 16.1 Å². The fraction of sp³-hybridized carbons (Fsp3) is 0. The summed E-state index contributed by atoms with van der Waals surface area (Å²) >= 11 is 4.62. The van der Waals surface area contributed by atoms with Gasteiger partial charge in [0.2, 0.25) is 0 Å². The van der Waals surface area contributed by atoms with E-state index in [9.17, 15) is 4.79 Å². The smallest absolute Gasteiger partial charge is 0.357 e. The lowest BCUT2D eigenvalue weighted by Crippen LogP contribution is -2.00. The van der Waals surface area contributed by atoms with Crippen molar-refractivity contribution in [3.05, 3.63) is 46.6 Å².